The van der Waals surface area contributed by atoms with Crippen LogP contribution in [0.25, 0.3) is 0 Å². The van der Waals surface area contributed by atoms with Crippen molar-refractivity contribution in [2.24, 2.45) is 0 Å². The lowest BCUT2D eigenvalue weighted by Gasteiger charge is -2.09. The monoisotopic (exact) mass is 267 g/mol. The number of nitrogens with one attached hydrogen (secondary N) is 1. The minimum absolute atomic E-state index is 0.561. The number of anilines is 2. The first-order valence-corrected chi connectivity index (χ1v) is 5.80. The summed E-state index contributed by atoms with van der Waals surface area (Å²) in [6.07, 6.45) is 5.39. The topological polar surface area (TPSA) is 29.9 Å². The van der Waals surface area contributed by atoms with Crippen LogP contribution in [0.1, 0.15) is 0 Å². The Balaban J connectivity index is 2.25. The van der Waals surface area contributed by atoms with E-state index in [2.05, 4.69) is 16.9 Å². The van der Waals surface area contributed by atoms with Gasteiger partial charge in [-0.25, -0.2) is 4.98 Å². The highest BCUT2D eigenvalue weighted by Crippen LogP contribution is 2.27. The molecule has 0 bridgehead atoms. The van der Waals surface area contributed by atoms with Crippen molar-refractivity contribution in [2.45, 2.75) is 6.54 Å². The average Bonchev–Trinajstić information content (AvgIpc) is 2.71. The average molecular weight is 268 g/mol. The summed E-state index contributed by atoms with van der Waals surface area (Å²) in [6.45, 7) is 4.38. The lowest BCUT2D eigenvalue weighted by Crippen LogP contribution is -2.02. The van der Waals surface area contributed by atoms with Gasteiger partial charge in [-0.1, -0.05) is 29.3 Å². The van der Waals surface area contributed by atoms with Crippen LogP contribution in [0.4, 0.5) is 11.6 Å². The highest BCUT2D eigenvalue weighted by molar-refractivity contribution is 6.36. The Morgan fingerprint density at radius 1 is 1.41 bits per heavy atom. The number of halogens is 2. The zero-order valence-corrected chi connectivity index (χ0v) is 10.5. The van der Waals surface area contributed by atoms with Gasteiger partial charge in [0, 0.05) is 24.0 Å². The van der Waals surface area contributed by atoms with Gasteiger partial charge < -0.3 is 9.88 Å². The fourth-order valence-corrected chi connectivity index (χ4v) is 1.89. The maximum Gasteiger partial charge on any atom is 0.207 e. The Hall–Kier alpha value is -1.45. The van der Waals surface area contributed by atoms with E-state index in [1.807, 2.05) is 16.8 Å². The van der Waals surface area contributed by atoms with Gasteiger partial charge in [-0.3, -0.25) is 0 Å². The molecule has 5 heteroatoms. The van der Waals surface area contributed by atoms with E-state index in [9.17, 15) is 0 Å². The molecule has 2 aromatic rings. The molecule has 0 spiro atoms. The molecule has 0 aliphatic rings. The first-order valence-electron chi connectivity index (χ1n) is 5.05. The van der Waals surface area contributed by atoms with Gasteiger partial charge in [0.25, 0.3) is 0 Å². The Labute approximate surface area is 110 Å². The van der Waals surface area contributed by atoms with Crippen LogP contribution in [0.2, 0.25) is 10.0 Å². The van der Waals surface area contributed by atoms with Crippen LogP contribution in [0.3, 0.4) is 0 Å². The number of allylic oxidation sites excluding steroid dienone is 1. The van der Waals surface area contributed by atoms with Gasteiger partial charge in [0.2, 0.25) is 5.95 Å². The number of benzene rings is 1. The molecule has 0 saturated carbocycles. The molecule has 0 fully saturated rings. The summed E-state index contributed by atoms with van der Waals surface area (Å²) >= 11 is 11.9. The van der Waals surface area contributed by atoms with Gasteiger partial charge in [0.15, 0.2) is 0 Å². The predicted octanol–water partition coefficient (Wildman–Crippen LogP) is 4.12. The minimum Gasteiger partial charge on any atom is -0.324 e. The molecule has 17 heavy (non-hydrogen) atoms. The molecule has 0 amide bonds. The second kappa shape index (κ2) is 5.25. The standard InChI is InChI=1S/C12H11Cl2N3/c1-2-6-17-7-5-15-12(17)16-11-4-3-9(13)8-10(11)14/h2-5,7-8H,1,6H2,(H,15,16). The molecule has 0 saturated heterocycles. The Morgan fingerprint density at radius 2 is 2.24 bits per heavy atom. The number of aromatic nitrogens is 2. The van der Waals surface area contributed by atoms with Crippen LogP contribution < -0.4 is 5.32 Å². The van der Waals surface area contributed by atoms with Crippen molar-refractivity contribution in [3.05, 3.63) is 53.3 Å². The highest BCUT2D eigenvalue weighted by atomic mass is 35.5. The maximum absolute atomic E-state index is 6.07. The number of imidazole rings is 1. The van der Waals surface area contributed by atoms with Crippen molar-refractivity contribution in [1.29, 1.82) is 0 Å². The fourth-order valence-electron chi connectivity index (χ4n) is 1.43. The summed E-state index contributed by atoms with van der Waals surface area (Å²) in [5.41, 5.74) is 0.771. The minimum atomic E-state index is 0.561. The molecule has 0 radical (unpaired) electrons. The molecule has 3 nitrogen and oxygen atoms in total. The van der Waals surface area contributed by atoms with Crippen LogP contribution in [0.5, 0.6) is 0 Å². The smallest absolute Gasteiger partial charge is 0.207 e. The molecular weight excluding hydrogens is 257 g/mol. The molecule has 1 aromatic heterocycles. The molecule has 2 rings (SSSR count). The second-order valence-electron chi connectivity index (χ2n) is 3.44. The largest absolute Gasteiger partial charge is 0.324 e. The fraction of sp³-hybridized carbons (Fsp3) is 0.0833. The predicted molar refractivity (Wildman–Crippen MR) is 72.2 cm³/mol. The van der Waals surface area contributed by atoms with Crippen LogP contribution in [0, 0.1) is 0 Å². The van der Waals surface area contributed by atoms with E-state index in [1.54, 1.807) is 24.4 Å². The summed E-state index contributed by atoms with van der Waals surface area (Å²) in [5.74, 6) is 0.717. The molecule has 88 valence electrons. The highest BCUT2D eigenvalue weighted by Gasteiger charge is 2.05. The molecular formula is C12H11Cl2N3. The van der Waals surface area contributed by atoms with Crippen molar-refractivity contribution >= 4 is 34.8 Å². The van der Waals surface area contributed by atoms with E-state index in [0.717, 1.165) is 5.69 Å². The SMILES string of the molecule is C=CCn1ccnc1Nc1ccc(Cl)cc1Cl. The number of hydrogen-bond acceptors (Lipinski definition) is 2. The second-order valence-corrected chi connectivity index (χ2v) is 4.28. The molecule has 1 aromatic carbocycles. The first kappa shape index (κ1) is 12.0. The van der Waals surface area contributed by atoms with Crippen LogP contribution in [0.15, 0.2) is 43.2 Å². The van der Waals surface area contributed by atoms with E-state index >= 15 is 0 Å². The van der Waals surface area contributed by atoms with E-state index in [-0.39, 0.29) is 0 Å². The molecule has 0 atom stereocenters. The summed E-state index contributed by atoms with van der Waals surface area (Å²) in [5, 5.41) is 4.31. The molecule has 0 aliphatic carbocycles. The van der Waals surface area contributed by atoms with E-state index in [1.165, 1.54) is 0 Å². The third kappa shape index (κ3) is 2.81. The third-order valence-corrected chi connectivity index (χ3v) is 2.77. The maximum atomic E-state index is 6.07. The lowest BCUT2D eigenvalue weighted by atomic mass is 10.3. The van der Waals surface area contributed by atoms with Gasteiger partial charge in [0.1, 0.15) is 0 Å². The van der Waals surface area contributed by atoms with Crippen molar-refractivity contribution in [2.75, 3.05) is 5.32 Å². The quantitative estimate of drug-likeness (QED) is 0.845. The summed E-state index contributed by atoms with van der Waals surface area (Å²) in [7, 11) is 0. The zero-order chi connectivity index (χ0) is 12.3. The Morgan fingerprint density at radius 3 is 2.94 bits per heavy atom. The number of rotatable bonds is 4. The van der Waals surface area contributed by atoms with E-state index < -0.39 is 0 Å². The number of hydrogen-bond donors (Lipinski definition) is 1. The van der Waals surface area contributed by atoms with Gasteiger partial charge in [0.05, 0.1) is 10.7 Å². The zero-order valence-electron chi connectivity index (χ0n) is 9.03. The van der Waals surface area contributed by atoms with Crippen LogP contribution >= 0.6 is 23.2 Å². The molecule has 0 aliphatic heterocycles. The molecule has 1 heterocycles. The Bertz CT molecular complexity index is 534. The van der Waals surface area contributed by atoms with E-state index in [4.69, 9.17) is 23.2 Å². The van der Waals surface area contributed by atoms with Crippen molar-refractivity contribution in [1.82, 2.24) is 9.55 Å². The van der Waals surface area contributed by atoms with Gasteiger partial charge >= 0.3 is 0 Å². The normalized spacial score (nSPS) is 10.2. The summed E-state index contributed by atoms with van der Waals surface area (Å²) < 4.78 is 1.93. The molecule has 1 N–H and O–H groups in total. The molecule has 0 unspecified atom stereocenters. The van der Waals surface area contributed by atoms with E-state index in [0.29, 0.717) is 22.5 Å². The lowest BCUT2D eigenvalue weighted by molar-refractivity contribution is 0.833. The van der Waals surface area contributed by atoms with Gasteiger partial charge in [-0.15, -0.1) is 6.58 Å². The number of nitrogens with zero attached hydrogens (tertiary/aromatic N) is 2. The first-order chi connectivity index (χ1) is 8.20. The van der Waals surface area contributed by atoms with Crippen LogP contribution in [-0.2, 0) is 6.54 Å². The van der Waals surface area contributed by atoms with Crippen molar-refractivity contribution in [3.8, 4) is 0 Å². The summed E-state index contributed by atoms with van der Waals surface area (Å²) in [6, 6.07) is 5.28. The van der Waals surface area contributed by atoms with Gasteiger partial charge in [-0.2, -0.15) is 0 Å². The Kier molecular flexibility index (Phi) is 3.71. The summed E-state index contributed by atoms with van der Waals surface area (Å²) in [4.78, 5) is 4.21. The third-order valence-electron chi connectivity index (χ3n) is 2.22. The van der Waals surface area contributed by atoms with Crippen molar-refractivity contribution in [3.63, 3.8) is 0 Å². The van der Waals surface area contributed by atoms with Crippen LogP contribution in [-0.4, -0.2) is 9.55 Å². The van der Waals surface area contributed by atoms with Crippen molar-refractivity contribution < 1.29 is 0 Å². The van der Waals surface area contributed by atoms with Gasteiger partial charge in [-0.05, 0) is 18.2 Å².